The summed E-state index contributed by atoms with van der Waals surface area (Å²) in [6.45, 7) is 5.61. The number of nitrogens with zero attached hydrogens (tertiary/aromatic N) is 3. The molecule has 9 nitrogen and oxygen atoms in total. The largest absolute Gasteiger partial charge is 0.416 e. The van der Waals surface area contributed by atoms with E-state index in [1.54, 1.807) is 49.5 Å². The zero-order valence-electron chi connectivity index (χ0n) is 24.5. The number of aromatic nitrogens is 4. The molecule has 4 N–H and O–H groups in total. The van der Waals surface area contributed by atoms with Crippen LogP contribution in [-0.4, -0.2) is 31.3 Å². The van der Waals surface area contributed by atoms with Gasteiger partial charge in [-0.15, -0.1) is 0 Å². The number of fused-ring (bicyclic) bond motifs is 1. The summed E-state index contributed by atoms with van der Waals surface area (Å²) in [5.41, 5.74) is 4.88. The normalized spacial score (nSPS) is 13.6. The molecular formula is C33H28F3N7O2. The van der Waals surface area contributed by atoms with E-state index in [9.17, 15) is 22.8 Å². The highest BCUT2D eigenvalue weighted by atomic mass is 19.4. The van der Waals surface area contributed by atoms with Crippen molar-refractivity contribution in [1.82, 2.24) is 19.5 Å². The molecule has 2 aromatic heterocycles. The molecule has 45 heavy (non-hydrogen) atoms. The van der Waals surface area contributed by atoms with E-state index in [1.165, 1.54) is 17.0 Å². The number of aromatic amines is 1. The molecule has 0 aliphatic carbocycles. The molecule has 0 saturated carbocycles. The van der Waals surface area contributed by atoms with Gasteiger partial charge in [-0.25, -0.2) is 9.97 Å². The first kappa shape index (κ1) is 29.4. The summed E-state index contributed by atoms with van der Waals surface area (Å²) in [6.07, 6.45) is 0.880. The summed E-state index contributed by atoms with van der Waals surface area (Å²) in [5, 5.41) is 8.84. The Kier molecular flexibility index (Phi) is 7.49. The van der Waals surface area contributed by atoms with Gasteiger partial charge < -0.3 is 25.5 Å². The van der Waals surface area contributed by atoms with Crippen LogP contribution in [0.2, 0.25) is 0 Å². The van der Waals surface area contributed by atoms with Gasteiger partial charge in [-0.2, -0.15) is 13.2 Å². The fraction of sp³-hybridized carbons (Fsp3) is 0.152. The number of alkyl halides is 3. The number of carbonyl (C=O) groups is 2. The van der Waals surface area contributed by atoms with Crippen LogP contribution in [0.25, 0.3) is 17.3 Å². The van der Waals surface area contributed by atoms with Crippen molar-refractivity contribution in [1.29, 1.82) is 0 Å². The summed E-state index contributed by atoms with van der Waals surface area (Å²) >= 11 is 0. The van der Waals surface area contributed by atoms with Crippen LogP contribution in [0.4, 0.5) is 35.9 Å². The summed E-state index contributed by atoms with van der Waals surface area (Å²) in [7, 11) is 0. The fourth-order valence-corrected chi connectivity index (χ4v) is 5.07. The lowest BCUT2D eigenvalue weighted by Crippen LogP contribution is -2.15. The number of nitrogens with one attached hydrogen (secondary N) is 4. The Morgan fingerprint density at radius 2 is 1.80 bits per heavy atom. The van der Waals surface area contributed by atoms with E-state index in [0.717, 1.165) is 41.3 Å². The Balaban J connectivity index is 1.21. The van der Waals surface area contributed by atoms with Gasteiger partial charge >= 0.3 is 6.18 Å². The number of imidazole rings is 2. The third kappa shape index (κ3) is 6.21. The predicted molar refractivity (Wildman–Crippen MR) is 167 cm³/mol. The summed E-state index contributed by atoms with van der Waals surface area (Å²) < 4.78 is 42.5. The molecule has 0 atom stereocenters. The molecular weight excluding hydrogens is 583 g/mol. The molecule has 6 rings (SSSR count). The highest BCUT2D eigenvalue weighted by molar-refractivity contribution is 6.35. The average molecular weight is 612 g/mol. The maximum absolute atomic E-state index is 13.7. The third-order valence-corrected chi connectivity index (χ3v) is 7.32. The molecule has 0 unspecified atom stereocenters. The molecule has 0 spiro atoms. The van der Waals surface area contributed by atoms with E-state index >= 15 is 0 Å². The van der Waals surface area contributed by atoms with Gasteiger partial charge in [0.25, 0.3) is 11.8 Å². The van der Waals surface area contributed by atoms with Gasteiger partial charge in [0.2, 0.25) is 0 Å². The van der Waals surface area contributed by atoms with Crippen LogP contribution in [0, 0.1) is 13.8 Å². The van der Waals surface area contributed by atoms with Crippen molar-refractivity contribution in [2.75, 3.05) is 16.0 Å². The number of anilines is 4. The summed E-state index contributed by atoms with van der Waals surface area (Å²) in [4.78, 5) is 37.7. The van der Waals surface area contributed by atoms with Crippen LogP contribution in [0.3, 0.4) is 0 Å². The summed E-state index contributed by atoms with van der Waals surface area (Å²) in [5.74, 6) is -0.0747. The molecule has 5 aromatic rings. The average Bonchev–Trinajstić information content (AvgIpc) is 3.68. The second-order valence-electron chi connectivity index (χ2n) is 10.7. The molecule has 0 fully saturated rings. The number of H-pyrrole nitrogens is 1. The van der Waals surface area contributed by atoms with Gasteiger partial charge in [0.15, 0.2) is 0 Å². The van der Waals surface area contributed by atoms with Crippen molar-refractivity contribution in [2.45, 2.75) is 33.4 Å². The SMILES string of the molecule is CCc1nc(C)c(/C=C2\C(=O)Nc3cc(Nc4cccc(NC(=O)c5cc(-n6cnc(C)c6)cc(C(F)(F)F)c5)c4)ccc32)[nH]1. The lowest BCUT2D eigenvalue weighted by molar-refractivity contribution is -0.137. The van der Waals surface area contributed by atoms with Crippen molar-refractivity contribution in [2.24, 2.45) is 0 Å². The summed E-state index contributed by atoms with van der Waals surface area (Å²) in [6, 6.07) is 15.4. The van der Waals surface area contributed by atoms with Gasteiger partial charge in [0, 0.05) is 46.5 Å². The van der Waals surface area contributed by atoms with Crippen molar-refractivity contribution in [3.05, 3.63) is 113 Å². The van der Waals surface area contributed by atoms with Crippen LogP contribution in [0.15, 0.2) is 73.2 Å². The van der Waals surface area contributed by atoms with Crippen LogP contribution in [0.5, 0.6) is 0 Å². The lowest BCUT2D eigenvalue weighted by atomic mass is 10.0. The number of benzene rings is 3. The number of aryl methyl sites for hydroxylation is 3. The van der Waals surface area contributed by atoms with Crippen LogP contribution in [-0.2, 0) is 17.4 Å². The smallest absolute Gasteiger partial charge is 0.355 e. The molecule has 1 aliphatic heterocycles. The highest BCUT2D eigenvalue weighted by Gasteiger charge is 2.32. The van der Waals surface area contributed by atoms with Crippen molar-refractivity contribution in [3.63, 3.8) is 0 Å². The van der Waals surface area contributed by atoms with Crippen LogP contribution in [0.1, 0.15) is 51.3 Å². The third-order valence-electron chi connectivity index (χ3n) is 7.32. The molecule has 228 valence electrons. The second-order valence-corrected chi connectivity index (χ2v) is 10.7. The number of carbonyl (C=O) groups excluding carboxylic acids is 2. The van der Waals surface area contributed by atoms with Gasteiger partial charge in [0.1, 0.15) is 5.82 Å². The van der Waals surface area contributed by atoms with E-state index in [2.05, 4.69) is 30.9 Å². The zero-order chi connectivity index (χ0) is 31.9. The first-order chi connectivity index (χ1) is 21.5. The first-order valence-corrected chi connectivity index (χ1v) is 14.1. The maximum Gasteiger partial charge on any atom is 0.416 e. The van der Waals surface area contributed by atoms with E-state index in [1.807, 2.05) is 26.0 Å². The van der Waals surface area contributed by atoms with E-state index in [-0.39, 0.29) is 17.2 Å². The minimum atomic E-state index is -4.65. The van der Waals surface area contributed by atoms with Crippen LogP contribution < -0.4 is 16.0 Å². The standard InChI is InChI=1S/C33H28F3N7O2/c1-4-30-38-19(3)28(41-30)15-27-26-9-8-24(14-29(26)42-32(27)45)39-22-6-5-7-23(13-22)40-31(44)20-10-21(33(34,35)36)12-25(11-20)43-16-18(2)37-17-43/h5-17,39H,4H2,1-3H3,(H,38,41)(H,40,44)(H,42,45)/b27-15-. The zero-order valence-corrected chi connectivity index (χ0v) is 24.5. The number of rotatable bonds is 7. The molecule has 0 saturated heterocycles. The van der Waals surface area contributed by atoms with E-state index < -0.39 is 17.6 Å². The number of halogens is 3. The van der Waals surface area contributed by atoms with Gasteiger partial charge in [-0.1, -0.05) is 19.1 Å². The topological polar surface area (TPSA) is 117 Å². The van der Waals surface area contributed by atoms with E-state index in [0.29, 0.717) is 34.0 Å². The molecule has 1 aliphatic rings. The van der Waals surface area contributed by atoms with Crippen molar-refractivity contribution < 1.29 is 22.8 Å². The molecule has 0 radical (unpaired) electrons. The van der Waals surface area contributed by atoms with E-state index in [4.69, 9.17) is 0 Å². The molecule has 2 amide bonds. The molecule has 3 heterocycles. The van der Waals surface area contributed by atoms with Gasteiger partial charge in [-0.3, -0.25) is 9.59 Å². The number of hydrogen-bond donors (Lipinski definition) is 4. The monoisotopic (exact) mass is 611 g/mol. The van der Waals surface area contributed by atoms with Crippen molar-refractivity contribution in [3.8, 4) is 5.69 Å². The Labute approximate surface area is 256 Å². The fourth-order valence-electron chi connectivity index (χ4n) is 5.07. The Hall–Kier alpha value is -5.65. The Bertz CT molecular complexity index is 1990. The van der Waals surface area contributed by atoms with Crippen LogP contribution >= 0.6 is 0 Å². The second kappa shape index (κ2) is 11.5. The van der Waals surface area contributed by atoms with Gasteiger partial charge in [0.05, 0.1) is 40.2 Å². The lowest BCUT2D eigenvalue weighted by Gasteiger charge is -2.14. The minimum absolute atomic E-state index is 0.154. The minimum Gasteiger partial charge on any atom is -0.355 e. The highest BCUT2D eigenvalue weighted by Crippen LogP contribution is 2.36. The maximum atomic E-state index is 13.7. The van der Waals surface area contributed by atoms with Gasteiger partial charge in [-0.05, 0) is 68.5 Å². The Morgan fingerprint density at radius 1 is 1.02 bits per heavy atom. The molecule has 0 bridgehead atoms. The predicted octanol–water partition coefficient (Wildman–Crippen LogP) is 7.28. The van der Waals surface area contributed by atoms with Crippen molar-refractivity contribution >= 4 is 46.2 Å². The first-order valence-electron chi connectivity index (χ1n) is 14.1. The molecule has 12 heteroatoms. The number of amides is 2. The number of hydrogen-bond acceptors (Lipinski definition) is 5. The Morgan fingerprint density at radius 3 is 2.51 bits per heavy atom. The quantitative estimate of drug-likeness (QED) is 0.144. The molecule has 3 aromatic carbocycles.